The molecule has 0 saturated carbocycles. The van der Waals surface area contributed by atoms with Crippen LogP contribution in [0.5, 0.6) is 11.5 Å². The van der Waals surface area contributed by atoms with Crippen molar-refractivity contribution in [3.63, 3.8) is 0 Å². The smallest absolute Gasteiger partial charge is 0.338 e. The van der Waals surface area contributed by atoms with Crippen molar-refractivity contribution >= 4 is 12.0 Å². The van der Waals surface area contributed by atoms with Crippen LogP contribution in [0.1, 0.15) is 43.9 Å². The van der Waals surface area contributed by atoms with Gasteiger partial charge in [0.15, 0.2) is 11.5 Å². The van der Waals surface area contributed by atoms with Gasteiger partial charge in [0.1, 0.15) is 6.61 Å². The fourth-order valence-corrected chi connectivity index (χ4v) is 3.32. The summed E-state index contributed by atoms with van der Waals surface area (Å²) < 4.78 is 16.8. The van der Waals surface area contributed by atoms with Gasteiger partial charge in [-0.05, 0) is 36.6 Å². The third kappa shape index (κ3) is 5.57. The normalized spacial score (nSPS) is 15.7. The van der Waals surface area contributed by atoms with Crippen LogP contribution in [0.25, 0.3) is 0 Å². The van der Waals surface area contributed by atoms with Crippen LogP contribution >= 0.6 is 0 Å². The number of rotatable bonds is 9. The molecule has 2 aromatic rings. The number of hydrogen-bond donors (Lipinski definition) is 2. The van der Waals surface area contributed by atoms with Gasteiger partial charge >= 0.3 is 12.0 Å². The summed E-state index contributed by atoms with van der Waals surface area (Å²) in [5.41, 5.74) is 2.38. The highest BCUT2D eigenvalue weighted by Gasteiger charge is 2.32. The molecular formula is C24H28N2O5. The highest BCUT2D eigenvalue weighted by Crippen LogP contribution is 2.34. The van der Waals surface area contributed by atoms with E-state index in [4.69, 9.17) is 14.2 Å². The van der Waals surface area contributed by atoms with E-state index < -0.39 is 12.0 Å². The van der Waals surface area contributed by atoms with E-state index in [-0.39, 0.29) is 12.6 Å². The molecule has 0 aromatic heterocycles. The topological polar surface area (TPSA) is 85.9 Å². The fraction of sp³-hybridized carbons (Fsp3) is 0.333. The van der Waals surface area contributed by atoms with Crippen molar-refractivity contribution in [1.29, 1.82) is 0 Å². The molecule has 1 atom stereocenters. The zero-order valence-corrected chi connectivity index (χ0v) is 18.1. The van der Waals surface area contributed by atoms with Crippen molar-refractivity contribution in [2.24, 2.45) is 0 Å². The SMILES string of the molecule is CCCCOc1ccc([C@H]2NC(=O)NC(C)=C2C(=O)OCc2ccccc2)cc1OC. The molecule has 0 aliphatic carbocycles. The van der Waals surface area contributed by atoms with E-state index in [9.17, 15) is 9.59 Å². The molecule has 1 aliphatic rings. The van der Waals surface area contributed by atoms with Crippen LogP contribution in [0.4, 0.5) is 4.79 Å². The minimum atomic E-state index is -0.671. The van der Waals surface area contributed by atoms with Gasteiger partial charge in [-0.25, -0.2) is 9.59 Å². The van der Waals surface area contributed by atoms with Crippen LogP contribution < -0.4 is 20.1 Å². The van der Waals surface area contributed by atoms with Gasteiger partial charge in [-0.15, -0.1) is 0 Å². The van der Waals surface area contributed by atoms with Crippen molar-refractivity contribution < 1.29 is 23.8 Å². The van der Waals surface area contributed by atoms with Crippen LogP contribution in [0.15, 0.2) is 59.8 Å². The molecule has 0 fully saturated rings. The van der Waals surface area contributed by atoms with E-state index in [1.807, 2.05) is 36.4 Å². The van der Waals surface area contributed by atoms with E-state index in [2.05, 4.69) is 17.6 Å². The number of urea groups is 1. The lowest BCUT2D eigenvalue weighted by Crippen LogP contribution is -2.45. The second-order valence-corrected chi connectivity index (χ2v) is 7.24. The number of ether oxygens (including phenoxy) is 3. The maximum absolute atomic E-state index is 12.9. The van der Waals surface area contributed by atoms with Gasteiger partial charge < -0.3 is 24.8 Å². The molecule has 7 heteroatoms. The predicted octanol–water partition coefficient (Wildman–Crippen LogP) is 4.25. The molecule has 0 unspecified atom stereocenters. The average molecular weight is 424 g/mol. The van der Waals surface area contributed by atoms with E-state index in [0.717, 1.165) is 18.4 Å². The zero-order valence-electron chi connectivity index (χ0n) is 18.1. The van der Waals surface area contributed by atoms with Crippen LogP contribution in [0, 0.1) is 0 Å². The number of carbonyl (C=O) groups excluding carboxylic acids is 2. The summed E-state index contributed by atoms with van der Waals surface area (Å²) in [4.78, 5) is 25.1. The Balaban J connectivity index is 1.84. The van der Waals surface area contributed by atoms with Crippen molar-refractivity contribution in [2.75, 3.05) is 13.7 Å². The molecule has 2 amide bonds. The first-order chi connectivity index (χ1) is 15.0. The third-order valence-corrected chi connectivity index (χ3v) is 4.98. The van der Waals surface area contributed by atoms with Crippen molar-refractivity contribution in [3.8, 4) is 11.5 Å². The van der Waals surface area contributed by atoms with Gasteiger partial charge in [0, 0.05) is 5.70 Å². The predicted molar refractivity (Wildman–Crippen MR) is 117 cm³/mol. The molecule has 0 radical (unpaired) electrons. The molecule has 2 N–H and O–H groups in total. The highest BCUT2D eigenvalue weighted by atomic mass is 16.5. The van der Waals surface area contributed by atoms with Crippen molar-refractivity contribution in [1.82, 2.24) is 10.6 Å². The summed E-state index contributed by atoms with van der Waals surface area (Å²) in [6.45, 7) is 4.51. The molecular weight excluding hydrogens is 396 g/mol. The zero-order chi connectivity index (χ0) is 22.2. The molecule has 7 nitrogen and oxygen atoms in total. The van der Waals surface area contributed by atoms with Crippen molar-refractivity contribution in [3.05, 3.63) is 70.9 Å². The van der Waals surface area contributed by atoms with Crippen LogP contribution in [0.2, 0.25) is 0 Å². The van der Waals surface area contributed by atoms with Gasteiger partial charge in [0.2, 0.25) is 0 Å². The number of methoxy groups -OCH3 is 1. The highest BCUT2D eigenvalue weighted by molar-refractivity contribution is 5.95. The minimum absolute atomic E-state index is 0.143. The van der Waals surface area contributed by atoms with Gasteiger partial charge in [-0.2, -0.15) is 0 Å². The number of nitrogens with one attached hydrogen (secondary N) is 2. The van der Waals surface area contributed by atoms with Gasteiger partial charge in [-0.1, -0.05) is 49.7 Å². The first-order valence-electron chi connectivity index (χ1n) is 10.3. The van der Waals surface area contributed by atoms with Crippen LogP contribution in [-0.4, -0.2) is 25.7 Å². The Morgan fingerprint density at radius 1 is 1.10 bits per heavy atom. The van der Waals surface area contributed by atoms with E-state index in [1.54, 1.807) is 26.2 Å². The molecule has 0 spiro atoms. The quantitative estimate of drug-likeness (QED) is 0.464. The van der Waals surface area contributed by atoms with Crippen LogP contribution in [-0.2, 0) is 16.1 Å². The Labute approximate surface area is 182 Å². The standard InChI is InChI=1S/C24H28N2O5/c1-4-5-13-30-19-12-11-18(14-20(19)29-3)22-21(16(2)25-24(28)26-22)23(27)31-15-17-9-7-6-8-10-17/h6-12,14,22H,4-5,13,15H2,1-3H3,(H2,25,26,28)/t22-/m1/s1. The number of unbranched alkanes of at least 4 members (excludes halogenated alkanes) is 1. The molecule has 3 rings (SSSR count). The monoisotopic (exact) mass is 424 g/mol. The number of benzene rings is 2. The molecule has 0 bridgehead atoms. The molecule has 1 heterocycles. The lowest BCUT2D eigenvalue weighted by atomic mass is 9.95. The maximum Gasteiger partial charge on any atom is 0.338 e. The first kappa shape index (κ1) is 22.2. The summed E-state index contributed by atoms with van der Waals surface area (Å²) in [6, 6.07) is 13.8. The van der Waals surface area contributed by atoms with Gasteiger partial charge in [0.05, 0.1) is 25.3 Å². The maximum atomic E-state index is 12.9. The summed E-state index contributed by atoms with van der Waals surface area (Å²) in [5.74, 6) is 0.658. The Morgan fingerprint density at radius 2 is 1.87 bits per heavy atom. The summed E-state index contributed by atoms with van der Waals surface area (Å²) >= 11 is 0. The lowest BCUT2D eigenvalue weighted by molar-refractivity contribution is -0.140. The summed E-state index contributed by atoms with van der Waals surface area (Å²) in [6.07, 6.45) is 1.97. The molecule has 164 valence electrons. The van der Waals surface area contributed by atoms with Gasteiger partial charge in [0.25, 0.3) is 0 Å². The lowest BCUT2D eigenvalue weighted by Gasteiger charge is -2.28. The molecule has 31 heavy (non-hydrogen) atoms. The third-order valence-electron chi connectivity index (χ3n) is 4.98. The number of carbonyl (C=O) groups is 2. The molecule has 0 saturated heterocycles. The summed E-state index contributed by atoms with van der Waals surface area (Å²) in [7, 11) is 1.56. The number of hydrogen-bond acceptors (Lipinski definition) is 5. The van der Waals surface area contributed by atoms with Gasteiger partial charge in [-0.3, -0.25) is 0 Å². The average Bonchev–Trinajstić information content (AvgIpc) is 2.78. The summed E-state index contributed by atoms with van der Waals surface area (Å²) in [5, 5.41) is 5.47. The Bertz CT molecular complexity index is 956. The van der Waals surface area contributed by atoms with E-state index in [1.165, 1.54) is 0 Å². The Hall–Kier alpha value is -3.48. The number of amides is 2. The van der Waals surface area contributed by atoms with Crippen LogP contribution in [0.3, 0.4) is 0 Å². The molecule has 1 aliphatic heterocycles. The fourth-order valence-electron chi connectivity index (χ4n) is 3.32. The molecule has 2 aromatic carbocycles. The number of allylic oxidation sites excluding steroid dienone is 1. The minimum Gasteiger partial charge on any atom is -0.493 e. The number of esters is 1. The van der Waals surface area contributed by atoms with E-state index >= 15 is 0 Å². The Kier molecular flexibility index (Phi) is 7.54. The second-order valence-electron chi connectivity index (χ2n) is 7.24. The Morgan fingerprint density at radius 3 is 2.58 bits per heavy atom. The largest absolute Gasteiger partial charge is 0.493 e. The second kappa shape index (κ2) is 10.5. The van der Waals surface area contributed by atoms with Crippen molar-refractivity contribution in [2.45, 2.75) is 39.3 Å². The van der Waals surface area contributed by atoms with E-state index in [0.29, 0.717) is 34.9 Å². The first-order valence-corrected chi connectivity index (χ1v) is 10.3.